The summed E-state index contributed by atoms with van der Waals surface area (Å²) in [5.41, 5.74) is 0. The van der Waals surface area contributed by atoms with E-state index in [1.807, 2.05) is 0 Å². The first-order chi connectivity index (χ1) is 8.83. The van der Waals surface area contributed by atoms with E-state index in [1.165, 1.54) is 0 Å². The van der Waals surface area contributed by atoms with Crippen LogP contribution < -0.4 is 103 Å². The predicted molar refractivity (Wildman–Crippen MR) is 52.4 cm³/mol. The smallest absolute Gasteiger partial charge is 0.790 e. The maximum atomic E-state index is 11.1. The van der Waals surface area contributed by atoms with E-state index in [0.29, 0.717) is 0 Å². The number of carbonyl (C=O) groups is 1. The Morgan fingerprint density at radius 1 is 1.00 bits per heavy atom. The van der Waals surface area contributed by atoms with E-state index >= 15 is 0 Å². The summed E-state index contributed by atoms with van der Waals surface area (Å²) in [5.74, 6) is -1.44. The number of phosphoric ester groups is 2. The monoisotopic (exact) mass is 406 g/mol. The van der Waals surface area contributed by atoms with E-state index in [4.69, 9.17) is 10.00 Å². The fourth-order valence-corrected chi connectivity index (χ4v) is 1.52. The second kappa shape index (κ2) is 14.8. The van der Waals surface area contributed by atoms with Crippen LogP contribution >= 0.6 is 15.6 Å². The molecule has 0 bridgehead atoms. The van der Waals surface area contributed by atoms with Crippen molar-refractivity contribution in [2.75, 3.05) is 13.2 Å². The second-order valence-corrected chi connectivity index (χ2v) is 5.80. The summed E-state index contributed by atoms with van der Waals surface area (Å²) in [6, 6.07) is 0. The van der Waals surface area contributed by atoms with Crippen LogP contribution in [-0.2, 0) is 23.0 Å². The Morgan fingerprint density at radius 3 is 1.78 bits per heavy atom. The zero-order chi connectivity index (χ0) is 16.1. The molecule has 0 aliphatic carbocycles. The molecular formula is C6H11Na3O12P2. The molecule has 0 saturated heterocycles. The number of aliphatic hydroxyl groups excluding tert-OH is 3. The van der Waals surface area contributed by atoms with E-state index < -0.39 is 53.0 Å². The van der Waals surface area contributed by atoms with Gasteiger partial charge in [0.1, 0.15) is 24.9 Å². The fourth-order valence-electron chi connectivity index (χ4n) is 0.898. The van der Waals surface area contributed by atoms with Crippen LogP contribution in [0.2, 0.25) is 0 Å². The van der Waals surface area contributed by atoms with Crippen molar-refractivity contribution in [3.63, 3.8) is 0 Å². The van der Waals surface area contributed by atoms with Crippen molar-refractivity contribution in [2.24, 2.45) is 0 Å². The molecule has 0 aliphatic rings. The molecule has 0 aromatic rings. The molecule has 4 atom stereocenters. The normalized spacial score (nSPS) is 17.3. The Bertz CT molecular complexity index is 423. The first kappa shape index (κ1) is 33.4. The van der Waals surface area contributed by atoms with Crippen LogP contribution in [0.15, 0.2) is 0 Å². The van der Waals surface area contributed by atoms with Crippen molar-refractivity contribution in [3.05, 3.63) is 0 Å². The van der Waals surface area contributed by atoms with Gasteiger partial charge < -0.3 is 48.5 Å². The summed E-state index contributed by atoms with van der Waals surface area (Å²) >= 11 is 0. The summed E-state index contributed by atoms with van der Waals surface area (Å²) in [6.45, 7) is -2.55. The number of rotatable bonds is 9. The molecule has 12 nitrogen and oxygen atoms in total. The van der Waals surface area contributed by atoms with E-state index in [-0.39, 0.29) is 88.7 Å². The molecule has 0 radical (unpaired) electrons. The van der Waals surface area contributed by atoms with Gasteiger partial charge in [-0.15, -0.1) is 0 Å². The molecule has 0 saturated carbocycles. The van der Waals surface area contributed by atoms with Gasteiger partial charge in [0.05, 0.1) is 14.4 Å². The number of ketones is 1. The molecule has 0 aromatic heterocycles. The standard InChI is InChI=1S/C6H14O12P2.3Na/c7-3(1-17-19(11,12)13)5(9)6(10)4(8)2-18-20(14,15)16;;;/h3,5-7,9-10H,1-2H2,(H2,11,12,13)(H2,14,15,16);;;/q;3*+1/p-3/t3-,5-,6-;;;/m1.../s1. The van der Waals surface area contributed by atoms with E-state index in [2.05, 4.69) is 9.05 Å². The van der Waals surface area contributed by atoms with E-state index in [1.54, 1.807) is 0 Å². The molecule has 0 spiro atoms. The Hall–Kier alpha value is 2.77. The van der Waals surface area contributed by atoms with Crippen molar-refractivity contribution in [1.29, 1.82) is 0 Å². The minimum absolute atomic E-state index is 0. The number of hydrogen-bond acceptors (Lipinski definition) is 11. The van der Waals surface area contributed by atoms with Gasteiger partial charge in [0.2, 0.25) is 0 Å². The average Bonchev–Trinajstić information content (AvgIpc) is 2.29. The Morgan fingerprint density at radius 2 is 1.43 bits per heavy atom. The molecule has 0 aromatic carbocycles. The minimum Gasteiger partial charge on any atom is -0.790 e. The van der Waals surface area contributed by atoms with E-state index in [0.717, 1.165) is 0 Å². The fraction of sp³-hybridized carbons (Fsp3) is 0.833. The third-order valence-electron chi connectivity index (χ3n) is 1.82. The first-order valence-electron chi connectivity index (χ1n) is 4.75. The summed E-state index contributed by atoms with van der Waals surface area (Å²) in [5, 5.41) is 27.5. The van der Waals surface area contributed by atoms with Crippen molar-refractivity contribution < 1.29 is 147 Å². The summed E-state index contributed by atoms with van der Waals surface area (Å²) in [7, 11) is -10.6. The topological polar surface area (TPSA) is 220 Å². The van der Waals surface area contributed by atoms with Crippen LogP contribution in [0.4, 0.5) is 0 Å². The number of hydrogen-bond donors (Lipinski definition) is 4. The van der Waals surface area contributed by atoms with Gasteiger partial charge in [-0.25, -0.2) is 0 Å². The Balaban J connectivity index is -0.000000602. The Kier molecular flexibility index (Phi) is 21.4. The van der Waals surface area contributed by atoms with Crippen molar-refractivity contribution >= 4 is 21.4 Å². The van der Waals surface area contributed by atoms with Crippen LogP contribution in [0.25, 0.3) is 0 Å². The molecule has 0 fully saturated rings. The molecule has 0 rings (SSSR count). The third-order valence-corrected chi connectivity index (χ3v) is 2.74. The zero-order valence-electron chi connectivity index (χ0n) is 12.6. The van der Waals surface area contributed by atoms with Gasteiger partial charge in [0.25, 0.3) is 7.82 Å². The van der Waals surface area contributed by atoms with Crippen LogP contribution in [0.5, 0.6) is 0 Å². The average molecular weight is 406 g/mol. The van der Waals surface area contributed by atoms with E-state index in [9.17, 15) is 38.8 Å². The minimum atomic E-state index is -5.42. The summed E-state index contributed by atoms with van der Waals surface area (Å²) < 4.78 is 27.5. The van der Waals surface area contributed by atoms with Gasteiger partial charge in [-0.1, -0.05) is 0 Å². The number of phosphoric acid groups is 2. The number of aliphatic hydroxyl groups is 3. The van der Waals surface area contributed by atoms with Gasteiger partial charge in [0.15, 0.2) is 5.78 Å². The maximum absolute atomic E-state index is 11.1. The molecule has 23 heavy (non-hydrogen) atoms. The molecule has 0 heterocycles. The van der Waals surface area contributed by atoms with Crippen LogP contribution in [0.1, 0.15) is 0 Å². The third kappa shape index (κ3) is 17.9. The Labute approximate surface area is 197 Å². The van der Waals surface area contributed by atoms with Crippen molar-refractivity contribution in [2.45, 2.75) is 18.3 Å². The van der Waals surface area contributed by atoms with Crippen LogP contribution in [-0.4, -0.2) is 57.5 Å². The summed E-state index contributed by atoms with van der Waals surface area (Å²) in [4.78, 5) is 49.6. The molecule has 120 valence electrons. The molecule has 4 N–H and O–H groups in total. The number of carbonyl (C=O) groups excluding carboxylic acids is 1. The van der Waals surface area contributed by atoms with Crippen LogP contribution in [0, 0.1) is 0 Å². The predicted octanol–water partition coefficient (Wildman–Crippen LogP) is -14.0. The van der Waals surface area contributed by atoms with Crippen molar-refractivity contribution in [3.8, 4) is 0 Å². The van der Waals surface area contributed by atoms with Gasteiger partial charge in [-0.3, -0.25) is 9.36 Å². The number of Topliss-reactive ketones (excluding diaryl/α,β-unsaturated/α-hetero) is 1. The van der Waals surface area contributed by atoms with Gasteiger partial charge in [0, 0.05) is 0 Å². The van der Waals surface area contributed by atoms with Crippen molar-refractivity contribution in [1.82, 2.24) is 0 Å². The molecule has 0 aliphatic heterocycles. The van der Waals surface area contributed by atoms with Crippen LogP contribution in [0.3, 0.4) is 0 Å². The molecule has 1 unspecified atom stereocenters. The molecule has 17 heteroatoms. The largest absolute Gasteiger partial charge is 1.00 e. The SMILES string of the molecule is O=C(COP(=O)([O-])O)[C@@H](O)[C@H](O)[C@H](O)COP(=O)([O-])[O-].[Na+].[Na+].[Na+]. The quantitative estimate of drug-likeness (QED) is 0.207. The zero-order valence-corrected chi connectivity index (χ0v) is 20.4. The molecular weight excluding hydrogens is 395 g/mol. The molecule has 0 amide bonds. The summed E-state index contributed by atoms with van der Waals surface area (Å²) in [6.07, 6.45) is -6.77. The van der Waals surface area contributed by atoms with Gasteiger partial charge in [-0.2, -0.15) is 0 Å². The van der Waals surface area contributed by atoms with Gasteiger partial charge in [-0.05, 0) is 0 Å². The maximum Gasteiger partial charge on any atom is 1.00 e. The second-order valence-electron chi connectivity index (χ2n) is 3.45. The van der Waals surface area contributed by atoms with Gasteiger partial charge >= 0.3 is 88.7 Å². The first-order valence-corrected chi connectivity index (χ1v) is 7.71.